The van der Waals surface area contributed by atoms with Crippen LogP contribution in [0.2, 0.25) is 0 Å². The van der Waals surface area contributed by atoms with E-state index in [1.807, 2.05) is 0 Å². The lowest BCUT2D eigenvalue weighted by Crippen LogP contribution is -2.56. The van der Waals surface area contributed by atoms with Crippen molar-refractivity contribution in [3.63, 3.8) is 0 Å². The molecule has 0 bridgehead atoms. The lowest BCUT2D eigenvalue weighted by atomic mass is 9.82. The summed E-state index contributed by atoms with van der Waals surface area (Å²) in [6, 6.07) is 0. The van der Waals surface area contributed by atoms with Crippen molar-refractivity contribution >= 4 is 5.82 Å². The summed E-state index contributed by atoms with van der Waals surface area (Å²) in [6.45, 7) is 2.61. The standard InChI is InChI=1S/C15H23N3O3/c1-19-12-4-3-11-21-15(12)5-9-18(10-6-15)13-14(20-2)17-8-7-16-13/h7-8,12H,3-6,9-11H2,1-2H3. The zero-order valence-electron chi connectivity index (χ0n) is 12.7. The number of methoxy groups -OCH3 is 2. The quantitative estimate of drug-likeness (QED) is 0.844. The van der Waals surface area contributed by atoms with Crippen LogP contribution < -0.4 is 9.64 Å². The minimum atomic E-state index is -0.126. The van der Waals surface area contributed by atoms with E-state index in [0.29, 0.717) is 5.88 Å². The van der Waals surface area contributed by atoms with E-state index in [1.54, 1.807) is 26.6 Å². The Bertz CT molecular complexity index is 475. The van der Waals surface area contributed by atoms with Crippen molar-refractivity contribution in [1.82, 2.24) is 9.97 Å². The fourth-order valence-electron chi connectivity index (χ4n) is 3.47. The van der Waals surface area contributed by atoms with Crippen LogP contribution in [0, 0.1) is 0 Å². The number of aromatic nitrogens is 2. The largest absolute Gasteiger partial charge is 0.478 e. The number of anilines is 1. The SMILES string of the molecule is COc1nccnc1N1CCC2(CC1)OCCCC2OC. The van der Waals surface area contributed by atoms with E-state index in [-0.39, 0.29) is 11.7 Å². The average Bonchev–Trinajstić information content (AvgIpc) is 2.56. The van der Waals surface area contributed by atoms with Crippen molar-refractivity contribution in [2.45, 2.75) is 37.4 Å². The normalized spacial score (nSPS) is 25.0. The fourth-order valence-corrected chi connectivity index (χ4v) is 3.47. The zero-order chi connectivity index (χ0) is 14.7. The lowest BCUT2D eigenvalue weighted by Gasteiger charge is -2.48. The topological polar surface area (TPSA) is 56.7 Å². The molecule has 2 aliphatic rings. The zero-order valence-corrected chi connectivity index (χ0v) is 12.7. The van der Waals surface area contributed by atoms with E-state index >= 15 is 0 Å². The molecule has 0 N–H and O–H groups in total. The first-order valence-corrected chi connectivity index (χ1v) is 7.56. The highest BCUT2D eigenvalue weighted by Crippen LogP contribution is 2.38. The van der Waals surface area contributed by atoms with Crippen LogP contribution in [0.4, 0.5) is 5.82 Å². The van der Waals surface area contributed by atoms with E-state index in [0.717, 1.165) is 51.2 Å². The summed E-state index contributed by atoms with van der Waals surface area (Å²) >= 11 is 0. The Kier molecular flexibility index (Phi) is 4.26. The van der Waals surface area contributed by atoms with Gasteiger partial charge in [0.15, 0.2) is 5.82 Å². The van der Waals surface area contributed by atoms with Gasteiger partial charge in [-0.15, -0.1) is 0 Å². The van der Waals surface area contributed by atoms with Crippen LogP contribution in [0.25, 0.3) is 0 Å². The Morgan fingerprint density at radius 2 is 2.00 bits per heavy atom. The highest BCUT2D eigenvalue weighted by molar-refractivity contribution is 5.48. The second-order valence-electron chi connectivity index (χ2n) is 5.66. The molecule has 21 heavy (non-hydrogen) atoms. The maximum absolute atomic E-state index is 6.13. The molecule has 6 nitrogen and oxygen atoms in total. The van der Waals surface area contributed by atoms with E-state index in [9.17, 15) is 0 Å². The van der Waals surface area contributed by atoms with Crippen molar-refractivity contribution in [2.24, 2.45) is 0 Å². The molecule has 0 aromatic carbocycles. The monoisotopic (exact) mass is 293 g/mol. The number of hydrogen-bond donors (Lipinski definition) is 0. The highest BCUT2D eigenvalue weighted by Gasteiger charge is 2.45. The molecular formula is C15H23N3O3. The van der Waals surface area contributed by atoms with Gasteiger partial charge >= 0.3 is 0 Å². The minimum absolute atomic E-state index is 0.126. The van der Waals surface area contributed by atoms with Crippen molar-refractivity contribution < 1.29 is 14.2 Å². The Balaban J connectivity index is 1.72. The molecule has 1 aromatic rings. The molecule has 3 rings (SSSR count). The van der Waals surface area contributed by atoms with Crippen molar-refractivity contribution in [3.8, 4) is 5.88 Å². The number of ether oxygens (including phenoxy) is 3. The van der Waals surface area contributed by atoms with Gasteiger partial charge in [-0.25, -0.2) is 9.97 Å². The maximum Gasteiger partial charge on any atom is 0.257 e. The predicted molar refractivity (Wildman–Crippen MR) is 78.7 cm³/mol. The summed E-state index contributed by atoms with van der Waals surface area (Å²) in [4.78, 5) is 10.9. The second kappa shape index (κ2) is 6.15. The van der Waals surface area contributed by atoms with Gasteiger partial charge in [-0.2, -0.15) is 0 Å². The number of hydrogen-bond acceptors (Lipinski definition) is 6. The van der Waals surface area contributed by atoms with Crippen LogP contribution in [0.3, 0.4) is 0 Å². The molecule has 1 spiro atoms. The van der Waals surface area contributed by atoms with E-state index in [4.69, 9.17) is 14.2 Å². The Hall–Kier alpha value is -1.40. The summed E-state index contributed by atoms with van der Waals surface area (Å²) in [5.41, 5.74) is -0.126. The predicted octanol–water partition coefficient (Wildman–Crippen LogP) is 1.65. The van der Waals surface area contributed by atoms with Crippen molar-refractivity contribution in [2.75, 3.05) is 38.8 Å². The van der Waals surface area contributed by atoms with Gasteiger partial charge in [0.1, 0.15) is 0 Å². The Labute approximate surface area is 125 Å². The van der Waals surface area contributed by atoms with Crippen LogP contribution in [-0.4, -0.2) is 55.6 Å². The minimum Gasteiger partial charge on any atom is -0.478 e. The molecule has 0 saturated carbocycles. The van der Waals surface area contributed by atoms with Crippen LogP contribution in [0.15, 0.2) is 12.4 Å². The number of nitrogens with zero attached hydrogens (tertiary/aromatic N) is 3. The molecule has 1 unspecified atom stereocenters. The summed E-state index contributed by atoms with van der Waals surface area (Å²) < 4.78 is 17.1. The van der Waals surface area contributed by atoms with Gasteiger partial charge in [0.25, 0.3) is 5.88 Å². The fraction of sp³-hybridized carbons (Fsp3) is 0.733. The molecule has 1 atom stereocenters. The summed E-state index contributed by atoms with van der Waals surface area (Å²) in [7, 11) is 3.42. The molecule has 1 aromatic heterocycles. The summed E-state index contributed by atoms with van der Waals surface area (Å²) in [5.74, 6) is 1.40. The van der Waals surface area contributed by atoms with Crippen molar-refractivity contribution in [1.29, 1.82) is 0 Å². The number of piperidine rings is 1. The molecule has 116 valence electrons. The van der Waals surface area contributed by atoms with Crippen LogP contribution >= 0.6 is 0 Å². The molecule has 0 aliphatic carbocycles. The lowest BCUT2D eigenvalue weighted by molar-refractivity contribution is -0.175. The molecular weight excluding hydrogens is 270 g/mol. The van der Waals surface area contributed by atoms with E-state index in [1.165, 1.54) is 0 Å². The third-order valence-corrected chi connectivity index (χ3v) is 4.62. The molecule has 3 heterocycles. The molecule has 6 heteroatoms. The third-order valence-electron chi connectivity index (χ3n) is 4.62. The first-order chi connectivity index (χ1) is 10.3. The molecule has 2 fully saturated rings. The second-order valence-corrected chi connectivity index (χ2v) is 5.66. The first kappa shape index (κ1) is 14.5. The van der Waals surface area contributed by atoms with Gasteiger partial charge in [-0.1, -0.05) is 0 Å². The van der Waals surface area contributed by atoms with Crippen LogP contribution in [0.1, 0.15) is 25.7 Å². The number of rotatable bonds is 3. The van der Waals surface area contributed by atoms with Gasteiger partial charge in [-0.3, -0.25) is 0 Å². The molecule has 0 amide bonds. The Morgan fingerprint density at radius 1 is 1.24 bits per heavy atom. The van der Waals surface area contributed by atoms with E-state index < -0.39 is 0 Å². The van der Waals surface area contributed by atoms with Crippen molar-refractivity contribution in [3.05, 3.63) is 12.4 Å². The van der Waals surface area contributed by atoms with Crippen LogP contribution in [0.5, 0.6) is 5.88 Å². The van der Waals surface area contributed by atoms with Gasteiger partial charge in [0.05, 0.1) is 18.8 Å². The van der Waals surface area contributed by atoms with Gasteiger partial charge < -0.3 is 19.1 Å². The van der Waals surface area contributed by atoms with Crippen LogP contribution in [-0.2, 0) is 9.47 Å². The maximum atomic E-state index is 6.13. The van der Waals surface area contributed by atoms with E-state index in [2.05, 4.69) is 14.9 Å². The van der Waals surface area contributed by atoms with Gasteiger partial charge in [0.2, 0.25) is 0 Å². The third kappa shape index (κ3) is 2.70. The van der Waals surface area contributed by atoms with Gasteiger partial charge in [-0.05, 0) is 25.7 Å². The summed E-state index contributed by atoms with van der Waals surface area (Å²) in [5, 5.41) is 0. The summed E-state index contributed by atoms with van der Waals surface area (Å²) in [6.07, 6.45) is 7.64. The Morgan fingerprint density at radius 3 is 2.71 bits per heavy atom. The highest BCUT2D eigenvalue weighted by atomic mass is 16.5. The molecule has 2 saturated heterocycles. The first-order valence-electron chi connectivity index (χ1n) is 7.56. The molecule has 0 radical (unpaired) electrons. The average molecular weight is 293 g/mol. The molecule has 2 aliphatic heterocycles. The van der Waals surface area contributed by atoms with Gasteiger partial charge in [0, 0.05) is 39.2 Å². The smallest absolute Gasteiger partial charge is 0.257 e.